The molecule has 0 aromatic heterocycles. The molecule has 120 valence electrons. The molecule has 0 bridgehead atoms. The van der Waals surface area contributed by atoms with Crippen molar-refractivity contribution < 1.29 is 19.4 Å². The van der Waals surface area contributed by atoms with Crippen molar-refractivity contribution in [3.8, 4) is 0 Å². The molecule has 3 atom stereocenters. The molecule has 2 rings (SSSR count). The van der Waals surface area contributed by atoms with Crippen molar-refractivity contribution in [1.29, 1.82) is 0 Å². The third kappa shape index (κ3) is 4.33. The third-order valence-electron chi connectivity index (χ3n) is 4.48. The van der Waals surface area contributed by atoms with E-state index in [-0.39, 0.29) is 6.04 Å². The van der Waals surface area contributed by atoms with Crippen LogP contribution in [0.2, 0.25) is 0 Å². The number of alkyl carbamates (subject to hydrolysis) is 1. The number of carboxylic acid groups (broad SMARTS) is 1. The predicted octanol–water partition coefficient (Wildman–Crippen LogP) is 1.70. The van der Waals surface area contributed by atoms with Crippen LogP contribution in [0.5, 0.6) is 0 Å². The number of ether oxygens (including phenoxy) is 1. The van der Waals surface area contributed by atoms with Crippen molar-refractivity contribution in [3.05, 3.63) is 0 Å². The zero-order valence-electron chi connectivity index (χ0n) is 12.9. The topological polar surface area (TPSA) is 78.9 Å². The Hall–Kier alpha value is -1.30. The van der Waals surface area contributed by atoms with Gasteiger partial charge in [-0.15, -0.1) is 0 Å². The Kier molecular flexibility index (Phi) is 5.45. The lowest BCUT2D eigenvalue weighted by Gasteiger charge is -2.40. The fourth-order valence-electron chi connectivity index (χ4n) is 3.40. The van der Waals surface area contributed by atoms with Crippen molar-refractivity contribution >= 4 is 12.1 Å². The first-order chi connectivity index (χ1) is 10.0. The van der Waals surface area contributed by atoms with Crippen LogP contribution in [0.1, 0.15) is 39.5 Å². The number of rotatable bonds is 6. The lowest BCUT2D eigenvalue weighted by atomic mass is 9.91. The smallest absolute Gasteiger partial charge is 0.407 e. The molecule has 21 heavy (non-hydrogen) atoms. The van der Waals surface area contributed by atoms with Crippen LogP contribution in [0.25, 0.3) is 0 Å². The Morgan fingerprint density at radius 2 is 2.05 bits per heavy atom. The number of nitrogens with zero attached hydrogens (tertiary/aromatic N) is 1. The van der Waals surface area contributed by atoms with Gasteiger partial charge in [0.25, 0.3) is 0 Å². The quantitative estimate of drug-likeness (QED) is 0.780. The fourth-order valence-corrected chi connectivity index (χ4v) is 3.40. The lowest BCUT2D eigenvalue weighted by molar-refractivity contribution is -0.144. The number of carbonyl (C=O) groups excluding carboxylic acids is 1. The van der Waals surface area contributed by atoms with Gasteiger partial charge >= 0.3 is 12.1 Å². The van der Waals surface area contributed by atoms with Crippen molar-refractivity contribution in [2.75, 3.05) is 19.7 Å². The van der Waals surface area contributed by atoms with Gasteiger partial charge in [0.15, 0.2) is 0 Å². The Bertz CT molecular complexity index is 384. The van der Waals surface area contributed by atoms with E-state index < -0.39 is 18.0 Å². The standard InChI is InChI=1S/C15H26N2O4/c1-3-13(10-5-6-10)17-8-11(14(18)19)7-12(9-17)16-15(20)21-4-2/h10-13H,3-9H2,1-2H3,(H,16,20)(H,18,19). The van der Waals surface area contributed by atoms with Gasteiger partial charge in [-0.2, -0.15) is 0 Å². The summed E-state index contributed by atoms with van der Waals surface area (Å²) in [5, 5.41) is 12.2. The third-order valence-corrected chi connectivity index (χ3v) is 4.48. The van der Waals surface area contributed by atoms with E-state index in [1.165, 1.54) is 12.8 Å². The van der Waals surface area contributed by atoms with Crippen molar-refractivity contribution in [1.82, 2.24) is 10.2 Å². The fraction of sp³-hybridized carbons (Fsp3) is 0.867. The largest absolute Gasteiger partial charge is 0.481 e. The van der Waals surface area contributed by atoms with Gasteiger partial charge in [-0.05, 0) is 38.5 Å². The molecular weight excluding hydrogens is 272 g/mol. The van der Waals surface area contributed by atoms with Crippen molar-refractivity contribution in [3.63, 3.8) is 0 Å². The molecule has 1 saturated carbocycles. The van der Waals surface area contributed by atoms with Gasteiger partial charge < -0.3 is 15.2 Å². The van der Waals surface area contributed by atoms with E-state index in [0.717, 1.165) is 13.0 Å². The minimum Gasteiger partial charge on any atom is -0.481 e. The Morgan fingerprint density at radius 1 is 1.33 bits per heavy atom. The second-order valence-corrected chi connectivity index (χ2v) is 6.10. The highest BCUT2D eigenvalue weighted by Crippen LogP contribution is 2.38. The highest BCUT2D eigenvalue weighted by molar-refractivity contribution is 5.71. The molecule has 0 aromatic carbocycles. The predicted molar refractivity (Wildman–Crippen MR) is 78.1 cm³/mol. The molecule has 1 heterocycles. The first-order valence-electron chi connectivity index (χ1n) is 7.95. The van der Waals surface area contributed by atoms with Crippen LogP contribution in [0.3, 0.4) is 0 Å². The Morgan fingerprint density at radius 3 is 2.57 bits per heavy atom. The molecule has 6 heteroatoms. The zero-order chi connectivity index (χ0) is 15.4. The van der Waals surface area contributed by atoms with Crippen LogP contribution in [0.4, 0.5) is 4.79 Å². The summed E-state index contributed by atoms with van der Waals surface area (Å²) in [6.07, 6.45) is 3.54. The molecule has 2 aliphatic rings. The molecule has 0 spiro atoms. The summed E-state index contributed by atoms with van der Waals surface area (Å²) in [4.78, 5) is 25.2. The molecule has 3 unspecified atom stereocenters. The van der Waals surface area contributed by atoms with Crippen molar-refractivity contribution in [2.24, 2.45) is 11.8 Å². The van der Waals surface area contributed by atoms with Gasteiger partial charge in [-0.25, -0.2) is 4.79 Å². The summed E-state index contributed by atoms with van der Waals surface area (Å²) < 4.78 is 4.91. The van der Waals surface area contributed by atoms with Crippen LogP contribution in [-0.4, -0.2) is 53.8 Å². The lowest BCUT2D eigenvalue weighted by Crippen LogP contribution is -2.55. The first-order valence-corrected chi connectivity index (χ1v) is 7.95. The van der Waals surface area contributed by atoms with Gasteiger partial charge in [0.2, 0.25) is 0 Å². The summed E-state index contributed by atoms with van der Waals surface area (Å²) in [5.41, 5.74) is 0. The average Bonchev–Trinajstić information content (AvgIpc) is 3.24. The van der Waals surface area contributed by atoms with Crippen LogP contribution in [0, 0.1) is 11.8 Å². The summed E-state index contributed by atoms with van der Waals surface area (Å²) in [6, 6.07) is 0.297. The minimum atomic E-state index is -0.777. The molecule has 1 amide bonds. The maximum atomic E-state index is 11.6. The average molecular weight is 298 g/mol. The molecule has 1 aliphatic heterocycles. The number of carbonyl (C=O) groups is 2. The van der Waals surface area contributed by atoms with Gasteiger partial charge in [-0.3, -0.25) is 9.69 Å². The number of piperidine rings is 1. The number of likely N-dealkylation sites (tertiary alicyclic amines) is 1. The minimum absolute atomic E-state index is 0.147. The molecule has 0 radical (unpaired) electrons. The number of nitrogens with one attached hydrogen (secondary N) is 1. The summed E-state index contributed by atoms with van der Waals surface area (Å²) >= 11 is 0. The SMILES string of the molecule is CCOC(=O)NC1CC(C(=O)O)CN(C(CC)C2CC2)C1. The second-order valence-electron chi connectivity index (χ2n) is 6.10. The molecule has 6 nitrogen and oxygen atoms in total. The molecular formula is C15H26N2O4. The van der Waals surface area contributed by atoms with Gasteiger partial charge in [0.1, 0.15) is 0 Å². The van der Waals surface area contributed by atoms with E-state index in [2.05, 4.69) is 17.1 Å². The van der Waals surface area contributed by atoms with Gasteiger partial charge in [-0.1, -0.05) is 6.92 Å². The highest BCUT2D eigenvalue weighted by atomic mass is 16.5. The molecule has 1 saturated heterocycles. The summed E-state index contributed by atoms with van der Waals surface area (Å²) in [7, 11) is 0. The van der Waals surface area contributed by atoms with Crippen LogP contribution in [0.15, 0.2) is 0 Å². The van der Waals surface area contributed by atoms with Crippen molar-refractivity contribution in [2.45, 2.75) is 51.6 Å². The first kappa shape index (κ1) is 16.1. The molecule has 0 aromatic rings. The number of hydrogen-bond acceptors (Lipinski definition) is 4. The van der Waals surface area contributed by atoms with E-state index in [9.17, 15) is 14.7 Å². The zero-order valence-corrected chi connectivity index (χ0v) is 12.9. The second kappa shape index (κ2) is 7.11. The monoisotopic (exact) mass is 298 g/mol. The van der Waals surface area contributed by atoms with Gasteiger partial charge in [0, 0.05) is 25.2 Å². The normalized spacial score (nSPS) is 27.9. The number of amides is 1. The maximum Gasteiger partial charge on any atom is 0.407 e. The highest BCUT2D eigenvalue weighted by Gasteiger charge is 2.40. The summed E-state index contributed by atoms with van der Waals surface area (Å²) in [5.74, 6) is -0.495. The van der Waals surface area contributed by atoms with Crippen LogP contribution in [-0.2, 0) is 9.53 Å². The molecule has 2 N–H and O–H groups in total. The van der Waals surface area contributed by atoms with E-state index in [1.807, 2.05) is 0 Å². The van der Waals surface area contributed by atoms with E-state index in [4.69, 9.17) is 4.74 Å². The van der Waals surface area contributed by atoms with E-state index >= 15 is 0 Å². The Balaban J connectivity index is 2.00. The summed E-state index contributed by atoms with van der Waals surface area (Å²) in [6.45, 7) is 5.54. The van der Waals surface area contributed by atoms with Crippen LogP contribution < -0.4 is 5.32 Å². The Labute approximate surface area is 125 Å². The molecule has 1 aliphatic carbocycles. The van der Waals surface area contributed by atoms with Gasteiger partial charge in [0.05, 0.1) is 12.5 Å². The number of aliphatic carboxylic acids is 1. The maximum absolute atomic E-state index is 11.6. The van der Waals surface area contributed by atoms with Crippen LogP contribution >= 0.6 is 0 Å². The van der Waals surface area contributed by atoms with E-state index in [1.54, 1.807) is 6.92 Å². The number of hydrogen-bond donors (Lipinski definition) is 2. The molecule has 2 fully saturated rings. The number of carboxylic acids is 1. The van der Waals surface area contributed by atoms with E-state index in [0.29, 0.717) is 31.5 Å².